The summed E-state index contributed by atoms with van der Waals surface area (Å²) in [7, 11) is 0. The molecule has 0 radical (unpaired) electrons. The number of benzene rings is 1. The Balaban J connectivity index is 2.09. The molecule has 0 aliphatic rings. The second kappa shape index (κ2) is 7.16. The van der Waals surface area contributed by atoms with Crippen molar-refractivity contribution >= 4 is 57.3 Å². The zero-order valence-electron chi connectivity index (χ0n) is 11.0. The molecule has 1 aromatic carbocycles. The summed E-state index contributed by atoms with van der Waals surface area (Å²) >= 11 is 4.19. The van der Waals surface area contributed by atoms with E-state index in [4.69, 9.17) is 0 Å². The van der Waals surface area contributed by atoms with Gasteiger partial charge in [0, 0.05) is 21.0 Å². The van der Waals surface area contributed by atoms with Crippen LogP contribution in [0.3, 0.4) is 0 Å². The van der Waals surface area contributed by atoms with Gasteiger partial charge in [0.05, 0.1) is 15.3 Å². The molecule has 108 valence electrons. The first kappa shape index (κ1) is 16.1. The predicted octanol–water partition coefficient (Wildman–Crippen LogP) is 3.07. The lowest BCUT2D eigenvalue weighted by Gasteiger charge is -2.03. The van der Waals surface area contributed by atoms with E-state index in [0.29, 0.717) is 11.1 Å². The minimum Gasteiger partial charge on any atom is -0.506 e. The molecule has 0 saturated carbocycles. The summed E-state index contributed by atoms with van der Waals surface area (Å²) in [5.41, 5.74) is 4.23. The second-order valence-corrected chi connectivity index (χ2v) is 6.62. The fourth-order valence-electron chi connectivity index (χ4n) is 1.51. The fraction of sp³-hybridized carbons (Fsp3) is 0.0714. The van der Waals surface area contributed by atoms with Crippen molar-refractivity contribution in [3.8, 4) is 5.75 Å². The van der Waals surface area contributed by atoms with Crippen LogP contribution in [0.4, 0.5) is 0 Å². The topological polar surface area (TPSA) is 74.6 Å². The smallest absolute Gasteiger partial charge is 0.272 e. The molecule has 21 heavy (non-hydrogen) atoms. The van der Waals surface area contributed by atoms with Gasteiger partial charge in [-0.2, -0.15) is 5.10 Å². The summed E-state index contributed by atoms with van der Waals surface area (Å²) in [6.07, 6.45) is 2.91. The Kier molecular flexibility index (Phi) is 5.51. The van der Waals surface area contributed by atoms with Gasteiger partial charge in [-0.15, -0.1) is 0 Å². The Morgan fingerprint density at radius 2 is 2.14 bits per heavy atom. The van der Waals surface area contributed by atoms with E-state index >= 15 is 0 Å². The number of phenols is 1. The number of amides is 1. The average molecular weight is 507 g/mol. The summed E-state index contributed by atoms with van der Waals surface area (Å²) in [6.45, 7) is 1.85. The quantitative estimate of drug-likeness (QED) is 0.382. The van der Waals surface area contributed by atoms with E-state index in [0.717, 1.165) is 12.8 Å². The van der Waals surface area contributed by atoms with Gasteiger partial charge in [-0.05, 0) is 76.4 Å². The van der Waals surface area contributed by atoms with Crippen LogP contribution in [0.25, 0.3) is 0 Å². The van der Waals surface area contributed by atoms with Gasteiger partial charge in [0.25, 0.3) is 5.91 Å². The van der Waals surface area contributed by atoms with E-state index in [9.17, 15) is 9.90 Å². The second-order valence-electron chi connectivity index (χ2n) is 4.21. The van der Waals surface area contributed by atoms with Gasteiger partial charge in [0.15, 0.2) is 0 Å². The van der Waals surface area contributed by atoms with Crippen LogP contribution in [0.1, 0.15) is 21.6 Å². The molecular formula is C14H11I2N3O2. The van der Waals surface area contributed by atoms with Crippen molar-refractivity contribution in [1.82, 2.24) is 10.4 Å². The lowest BCUT2D eigenvalue weighted by Crippen LogP contribution is -2.17. The molecule has 1 amide bonds. The molecule has 0 unspecified atom stereocenters. The summed E-state index contributed by atoms with van der Waals surface area (Å²) in [6, 6.07) is 7.07. The Labute approximate surface area is 149 Å². The van der Waals surface area contributed by atoms with E-state index in [1.165, 1.54) is 12.4 Å². The van der Waals surface area contributed by atoms with E-state index in [1.54, 1.807) is 18.2 Å². The van der Waals surface area contributed by atoms with Gasteiger partial charge < -0.3 is 5.11 Å². The number of phenolic OH excluding ortho intramolecular Hbond substituents is 1. The molecule has 2 rings (SSSR count). The van der Waals surface area contributed by atoms with Gasteiger partial charge in [-0.3, -0.25) is 9.78 Å². The van der Waals surface area contributed by atoms with Crippen molar-refractivity contribution in [3.05, 3.63) is 54.4 Å². The Morgan fingerprint density at radius 3 is 2.81 bits per heavy atom. The molecule has 0 saturated heterocycles. The molecule has 5 nitrogen and oxygen atoms in total. The number of carbonyl (C=O) groups is 1. The highest BCUT2D eigenvalue weighted by molar-refractivity contribution is 14.1. The van der Waals surface area contributed by atoms with Gasteiger partial charge in [0.2, 0.25) is 0 Å². The predicted molar refractivity (Wildman–Crippen MR) is 97.6 cm³/mol. The SMILES string of the molecule is Cc1ccc(C(=O)N/N=C\c2cc(I)cc(I)c2O)cn1. The number of hydrogen-bond donors (Lipinski definition) is 2. The Morgan fingerprint density at radius 1 is 1.38 bits per heavy atom. The maximum Gasteiger partial charge on any atom is 0.272 e. The molecule has 0 aliphatic heterocycles. The van der Waals surface area contributed by atoms with Crippen molar-refractivity contribution in [2.75, 3.05) is 0 Å². The summed E-state index contributed by atoms with van der Waals surface area (Å²) in [5, 5.41) is 13.8. The van der Waals surface area contributed by atoms with Gasteiger partial charge >= 0.3 is 0 Å². The van der Waals surface area contributed by atoms with Crippen molar-refractivity contribution in [1.29, 1.82) is 0 Å². The standard InChI is InChI=1S/C14H11I2N3O2/c1-8-2-3-9(6-17-8)14(21)19-18-7-10-4-11(15)5-12(16)13(10)20/h2-7,20H,1H3,(H,19,21)/b18-7-. The number of nitrogens with zero attached hydrogens (tertiary/aromatic N) is 2. The molecule has 2 aromatic rings. The lowest BCUT2D eigenvalue weighted by atomic mass is 10.2. The number of carbonyl (C=O) groups excluding carboxylic acids is 1. The van der Waals surface area contributed by atoms with Crippen molar-refractivity contribution in [3.63, 3.8) is 0 Å². The van der Waals surface area contributed by atoms with Crippen molar-refractivity contribution in [2.45, 2.75) is 6.92 Å². The van der Waals surface area contributed by atoms with Crippen LogP contribution in [0.5, 0.6) is 5.75 Å². The highest BCUT2D eigenvalue weighted by Gasteiger charge is 2.06. The maximum absolute atomic E-state index is 11.8. The molecule has 0 atom stereocenters. The molecule has 2 N–H and O–H groups in total. The number of aryl methyl sites for hydroxylation is 1. The third-order valence-electron chi connectivity index (χ3n) is 2.60. The van der Waals surface area contributed by atoms with Gasteiger partial charge in [0.1, 0.15) is 5.75 Å². The molecule has 0 aliphatic carbocycles. The zero-order valence-corrected chi connectivity index (χ0v) is 15.3. The first-order valence-corrected chi connectivity index (χ1v) is 8.07. The highest BCUT2D eigenvalue weighted by atomic mass is 127. The van der Waals surface area contributed by atoms with E-state index in [2.05, 4.69) is 38.1 Å². The Hall–Kier alpha value is -1.23. The van der Waals surface area contributed by atoms with Gasteiger partial charge in [-0.25, -0.2) is 5.43 Å². The summed E-state index contributed by atoms with van der Waals surface area (Å²) in [4.78, 5) is 15.9. The van der Waals surface area contributed by atoms with Crippen LogP contribution < -0.4 is 5.43 Å². The first-order valence-electron chi connectivity index (χ1n) is 5.91. The zero-order chi connectivity index (χ0) is 15.4. The highest BCUT2D eigenvalue weighted by Crippen LogP contribution is 2.25. The minimum absolute atomic E-state index is 0.144. The lowest BCUT2D eigenvalue weighted by molar-refractivity contribution is 0.0954. The van der Waals surface area contributed by atoms with E-state index < -0.39 is 0 Å². The number of aromatic nitrogens is 1. The van der Waals surface area contributed by atoms with Gasteiger partial charge in [-0.1, -0.05) is 0 Å². The molecule has 0 fully saturated rings. The normalized spacial score (nSPS) is 10.8. The van der Waals surface area contributed by atoms with Crippen LogP contribution in [-0.2, 0) is 0 Å². The van der Waals surface area contributed by atoms with Crippen LogP contribution in [0, 0.1) is 14.1 Å². The largest absolute Gasteiger partial charge is 0.506 e. The number of rotatable bonds is 3. The van der Waals surface area contributed by atoms with Crippen LogP contribution in [0.2, 0.25) is 0 Å². The summed E-state index contributed by atoms with van der Waals surface area (Å²) < 4.78 is 1.71. The van der Waals surface area contributed by atoms with Crippen molar-refractivity contribution in [2.24, 2.45) is 5.10 Å². The van der Waals surface area contributed by atoms with Crippen molar-refractivity contribution < 1.29 is 9.90 Å². The van der Waals surface area contributed by atoms with E-state index in [-0.39, 0.29) is 11.7 Å². The van der Waals surface area contributed by atoms with Crippen LogP contribution >= 0.6 is 45.2 Å². The minimum atomic E-state index is -0.349. The number of nitrogens with one attached hydrogen (secondary N) is 1. The molecule has 0 spiro atoms. The number of aromatic hydroxyl groups is 1. The number of halogens is 2. The first-order chi connectivity index (χ1) is 9.97. The van der Waals surface area contributed by atoms with Crippen LogP contribution in [-0.4, -0.2) is 22.2 Å². The number of hydrogen-bond acceptors (Lipinski definition) is 4. The monoisotopic (exact) mass is 507 g/mol. The molecule has 1 heterocycles. The summed E-state index contributed by atoms with van der Waals surface area (Å²) in [5.74, 6) is -0.204. The fourth-order valence-corrected chi connectivity index (χ4v) is 3.40. The Bertz CT molecular complexity index is 700. The molecular weight excluding hydrogens is 496 g/mol. The maximum atomic E-state index is 11.8. The number of pyridine rings is 1. The molecule has 0 bridgehead atoms. The number of hydrazone groups is 1. The molecule has 7 heteroatoms. The molecule has 1 aromatic heterocycles. The van der Waals surface area contributed by atoms with E-state index in [1.807, 2.05) is 35.6 Å². The third kappa shape index (κ3) is 4.37. The van der Waals surface area contributed by atoms with Crippen LogP contribution in [0.15, 0.2) is 35.6 Å². The third-order valence-corrected chi connectivity index (χ3v) is 4.05. The average Bonchev–Trinajstić information content (AvgIpc) is 2.44.